The number of ether oxygens (including phenoxy) is 1. The van der Waals surface area contributed by atoms with E-state index in [1.165, 1.54) is 35.2 Å². The summed E-state index contributed by atoms with van der Waals surface area (Å²) in [6, 6.07) is 19.2. The Kier molecular flexibility index (Phi) is 6.44. The van der Waals surface area contributed by atoms with Crippen LogP contribution in [0.1, 0.15) is 27.9 Å². The lowest BCUT2D eigenvalue weighted by atomic mass is 10.0. The highest BCUT2D eigenvalue weighted by Gasteiger charge is 2.29. The van der Waals surface area contributed by atoms with Gasteiger partial charge in [0, 0.05) is 18.5 Å². The number of hydrogen-bond acceptors (Lipinski definition) is 4. The minimum atomic E-state index is -0.597. The van der Waals surface area contributed by atoms with Gasteiger partial charge in [-0.1, -0.05) is 41.6 Å². The van der Waals surface area contributed by atoms with Crippen molar-refractivity contribution >= 4 is 11.6 Å². The average molecular weight is 436 g/mol. The second-order valence-corrected chi connectivity index (χ2v) is 7.46. The van der Waals surface area contributed by atoms with Gasteiger partial charge in [0.15, 0.2) is 6.10 Å². The Labute approximate surface area is 184 Å². The van der Waals surface area contributed by atoms with Gasteiger partial charge >= 0.3 is 0 Å². The number of rotatable bonds is 7. The van der Waals surface area contributed by atoms with Crippen LogP contribution < -0.4 is 4.74 Å². The summed E-state index contributed by atoms with van der Waals surface area (Å²) in [6.07, 6.45) is 0.0521. The van der Waals surface area contributed by atoms with Gasteiger partial charge in [-0.05, 0) is 42.0 Å². The van der Waals surface area contributed by atoms with Gasteiger partial charge < -0.3 is 14.5 Å². The zero-order chi connectivity index (χ0) is 22.5. The summed E-state index contributed by atoms with van der Waals surface area (Å²) in [4.78, 5) is 20.3. The summed E-state index contributed by atoms with van der Waals surface area (Å²) in [5.74, 6) is -0.752. The molecule has 1 amide bonds. The number of hydrogen-bond donors (Lipinski definition) is 0. The normalized spacial score (nSPS) is 15.1. The van der Waals surface area contributed by atoms with E-state index in [0.29, 0.717) is 17.9 Å². The van der Waals surface area contributed by atoms with Gasteiger partial charge in [-0.2, -0.15) is 0 Å². The summed E-state index contributed by atoms with van der Waals surface area (Å²) < 4.78 is 33.0. The molecule has 0 N–H and O–H groups in total. The fraction of sp³-hybridized carbons (Fsp3) is 0.200. The minimum absolute atomic E-state index is 0.0292. The van der Waals surface area contributed by atoms with E-state index in [4.69, 9.17) is 9.57 Å². The zero-order valence-corrected chi connectivity index (χ0v) is 17.5. The molecule has 0 aromatic heterocycles. The molecule has 0 saturated carbocycles. The maximum absolute atomic E-state index is 14.3. The quantitative estimate of drug-likeness (QED) is 0.534. The molecule has 1 atom stereocenters. The molecule has 32 heavy (non-hydrogen) atoms. The van der Waals surface area contributed by atoms with Gasteiger partial charge in [0.2, 0.25) is 0 Å². The van der Waals surface area contributed by atoms with Crippen molar-refractivity contribution in [1.82, 2.24) is 4.90 Å². The van der Waals surface area contributed by atoms with Gasteiger partial charge in [-0.3, -0.25) is 4.79 Å². The van der Waals surface area contributed by atoms with Crippen LogP contribution in [0.15, 0.2) is 78.0 Å². The van der Waals surface area contributed by atoms with Crippen molar-refractivity contribution in [3.05, 3.63) is 101 Å². The third-order valence-corrected chi connectivity index (χ3v) is 5.25. The molecular formula is C25H22F2N2O3. The average Bonchev–Trinajstić information content (AvgIpc) is 3.28. The van der Waals surface area contributed by atoms with E-state index >= 15 is 0 Å². The maximum atomic E-state index is 14.3. The molecule has 5 nitrogen and oxygen atoms in total. The van der Waals surface area contributed by atoms with Crippen LogP contribution in [0.4, 0.5) is 8.78 Å². The Morgan fingerprint density at radius 2 is 1.78 bits per heavy atom. The fourth-order valence-electron chi connectivity index (χ4n) is 3.65. The third kappa shape index (κ3) is 4.77. The second kappa shape index (κ2) is 9.60. The molecule has 3 aromatic carbocycles. The van der Waals surface area contributed by atoms with E-state index in [-0.39, 0.29) is 24.5 Å². The van der Waals surface area contributed by atoms with Crippen LogP contribution in [0, 0.1) is 11.6 Å². The van der Waals surface area contributed by atoms with E-state index in [1.54, 1.807) is 25.3 Å². The first-order chi connectivity index (χ1) is 15.5. The van der Waals surface area contributed by atoms with E-state index in [9.17, 15) is 13.6 Å². The summed E-state index contributed by atoms with van der Waals surface area (Å²) >= 11 is 0. The Hall–Kier alpha value is -3.74. The molecule has 164 valence electrons. The highest BCUT2D eigenvalue weighted by atomic mass is 19.1. The number of para-hydroxylation sites is 1. The lowest BCUT2D eigenvalue weighted by molar-refractivity contribution is 0.0402. The number of halogens is 2. The monoisotopic (exact) mass is 436 g/mol. The minimum Gasteiger partial charge on any atom is -0.496 e. The van der Waals surface area contributed by atoms with E-state index < -0.39 is 17.8 Å². The summed E-state index contributed by atoms with van der Waals surface area (Å²) in [5, 5.41) is 4.19. The molecule has 0 bridgehead atoms. The van der Waals surface area contributed by atoms with Crippen molar-refractivity contribution in [2.75, 3.05) is 13.7 Å². The number of benzene rings is 3. The van der Waals surface area contributed by atoms with Gasteiger partial charge in [-0.15, -0.1) is 0 Å². The molecule has 1 unspecified atom stereocenters. The van der Waals surface area contributed by atoms with Gasteiger partial charge in [0.1, 0.15) is 17.4 Å². The molecule has 0 fully saturated rings. The number of carbonyl (C=O) groups is 1. The number of carbonyl (C=O) groups excluding carboxylic acids is 1. The number of amides is 1. The Balaban J connectivity index is 1.53. The molecule has 4 rings (SSSR count). The molecule has 7 heteroatoms. The van der Waals surface area contributed by atoms with Crippen molar-refractivity contribution in [3.63, 3.8) is 0 Å². The van der Waals surface area contributed by atoms with Gasteiger partial charge in [0.05, 0.1) is 24.9 Å². The Morgan fingerprint density at radius 1 is 1.06 bits per heavy atom. The fourth-order valence-corrected chi connectivity index (χ4v) is 3.65. The maximum Gasteiger partial charge on any atom is 0.257 e. The molecular weight excluding hydrogens is 414 g/mol. The van der Waals surface area contributed by atoms with Crippen LogP contribution in [-0.2, 0) is 11.4 Å². The predicted octanol–water partition coefficient (Wildman–Crippen LogP) is 4.81. The van der Waals surface area contributed by atoms with Crippen molar-refractivity contribution < 1.29 is 23.1 Å². The van der Waals surface area contributed by atoms with Gasteiger partial charge in [-0.25, -0.2) is 8.78 Å². The molecule has 0 radical (unpaired) electrons. The number of methoxy groups -OCH3 is 1. The van der Waals surface area contributed by atoms with Crippen LogP contribution in [0.5, 0.6) is 5.75 Å². The molecule has 3 aromatic rings. The summed E-state index contributed by atoms with van der Waals surface area (Å²) in [6.45, 7) is 0.365. The second-order valence-electron chi connectivity index (χ2n) is 7.46. The van der Waals surface area contributed by atoms with Crippen LogP contribution in [0.2, 0.25) is 0 Å². The molecule has 1 heterocycles. The SMILES string of the molecule is COc1ccccc1C1=NOC(CN(Cc2ccc(F)cc2)C(=O)c2ccccc2F)C1. The van der Waals surface area contributed by atoms with Crippen molar-refractivity contribution in [1.29, 1.82) is 0 Å². The van der Waals surface area contributed by atoms with Crippen LogP contribution >= 0.6 is 0 Å². The van der Waals surface area contributed by atoms with E-state index in [1.807, 2.05) is 24.3 Å². The predicted molar refractivity (Wildman–Crippen MR) is 117 cm³/mol. The Bertz CT molecular complexity index is 1130. The molecule has 0 spiro atoms. The first-order valence-corrected chi connectivity index (χ1v) is 10.2. The largest absolute Gasteiger partial charge is 0.496 e. The molecule has 0 aliphatic carbocycles. The van der Waals surface area contributed by atoms with Crippen LogP contribution in [0.25, 0.3) is 0 Å². The Morgan fingerprint density at radius 3 is 2.53 bits per heavy atom. The van der Waals surface area contributed by atoms with Crippen molar-refractivity contribution in [2.45, 2.75) is 19.1 Å². The lowest BCUT2D eigenvalue weighted by Gasteiger charge is -2.25. The smallest absolute Gasteiger partial charge is 0.257 e. The molecule has 1 aliphatic rings. The third-order valence-electron chi connectivity index (χ3n) is 5.25. The first kappa shape index (κ1) is 21.5. The lowest BCUT2D eigenvalue weighted by Crippen LogP contribution is -2.37. The molecule has 0 saturated heterocycles. The standard InChI is InChI=1S/C25H22F2N2O3/c1-31-24-9-5-3-7-21(24)23-14-19(32-28-23)16-29(15-17-10-12-18(26)13-11-17)25(30)20-6-2-4-8-22(20)27/h2-13,19H,14-16H2,1H3. The first-order valence-electron chi connectivity index (χ1n) is 10.2. The van der Waals surface area contributed by atoms with Gasteiger partial charge in [0.25, 0.3) is 5.91 Å². The van der Waals surface area contributed by atoms with E-state index in [2.05, 4.69) is 5.16 Å². The topological polar surface area (TPSA) is 51.1 Å². The van der Waals surface area contributed by atoms with Crippen LogP contribution in [-0.4, -0.2) is 36.3 Å². The zero-order valence-electron chi connectivity index (χ0n) is 17.5. The van der Waals surface area contributed by atoms with Crippen LogP contribution in [0.3, 0.4) is 0 Å². The van der Waals surface area contributed by atoms with E-state index in [0.717, 1.165) is 11.1 Å². The summed E-state index contributed by atoms with van der Waals surface area (Å²) in [7, 11) is 1.59. The number of nitrogens with zero attached hydrogens (tertiary/aromatic N) is 2. The number of oxime groups is 1. The highest BCUT2D eigenvalue weighted by Crippen LogP contribution is 2.25. The summed E-state index contributed by atoms with van der Waals surface area (Å²) in [5.41, 5.74) is 2.23. The van der Waals surface area contributed by atoms with Crippen molar-refractivity contribution in [2.24, 2.45) is 5.16 Å². The highest BCUT2D eigenvalue weighted by molar-refractivity contribution is 6.03. The molecule has 1 aliphatic heterocycles. The van der Waals surface area contributed by atoms with Crippen molar-refractivity contribution in [3.8, 4) is 5.75 Å².